The normalized spacial score (nSPS) is 20.9. The number of carbonyl (C=O) groups excluding carboxylic acids is 1. The van der Waals surface area contributed by atoms with E-state index in [1.807, 2.05) is 17.0 Å². The molecule has 2 aliphatic rings. The summed E-state index contributed by atoms with van der Waals surface area (Å²) in [5.41, 5.74) is -1.62. The van der Waals surface area contributed by atoms with Gasteiger partial charge in [0.05, 0.1) is 23.6 Å². The summed E-state index contributed by atoms with van der Waals surface area (Å²) >= 11 is 13.8. The molecule has 5 rings (SSSR count). The van der Waals surface area contributed by atoms with Crippen molar-refractivity contribution >= 4 is 40.7 Å². The van der Waals surface area contributed by atoms with Gasteiger partial charge in [-0.05, 0) is 30.2 Å². The molecule has 2 atom stereocenters. The van der Waals surface area contributed by atoms with Crippen LogP contribution in [0, 0.1) is 5.41 Å². The molecule has 0 radical (unpaired) electrons. The zero-order chi connectivity index (χ0) is 32.0. The zero-order valence-electron chi connectivity index (χ0n) is 24.5. The molecule has 230 valence electrons. The lowest BCUT2D eigenvalue weighted by molar-refractivity contribution is -0.158. The second kappa shape index (κ2) is 11.7. The lowest BCUT2D eigenvalue weighted by atomic mass is 9.80. The monoisotopic (exact) mass is 639 g/mol. The Hall–Kier alpha value is -4.19. The highest BCUT2D eigenvalue weighted by molar-refractivity contribution is 6.34. The van der Waals surface area contributed by atoms with Crippen LogP contribution in [0.3, 0.4) is 0 Å². The number of ether oxygens (including phenoxy) is 1. The van der Waals surface area contributed by atoms with Crippen molar-refractivity contribution in [2.24, 2.45) is 19.5 Å². The molecule has 11 nitrogen and oxygen atoms in total. The number of methoxy groups -OCH3 is 1. The van der Waals surface area contributed by atoms with Crippen LogP contribution in [0.15, 0.2) is 70.4 Å². The minimum atomic E-state index is -1.49. The van der Waals surface area contributed by atoms with Crippen LogP contribution in [-0.4, -0.2) is 61.6 Å². The number of aliphatic carboxylic acids is 1. The van der Waals surface area contributed by atoms with Gasteiger partial charge < -0.3 is 19.7 Å². The van der Waals surface area contributed by atoms with Crippen LogP contribution in [0.2, 0.25) is 5.02 Å². The number of carbonyl (C=O) groups is 2. The SMILES string of the molecule is COc1nc(C2(NC(=O)c3cn(C)c(=O)n(C)c3=O)C=CC=C(c3ccccc3Cl)C2Cl)ccc1CN1CC(C)(C(=O)O)C1. The molecule has 1 aromatic carbocycles. The average Bonchev–Trinajstić information content (AvgIpc) is 2.98. The van der Waals surface area contributed by atoms with Crippen molar-refractivity contribution in [3.63, 3.8) is 0 Å². The van der Waals surface area contributed by atoms with Crippen LogP contribution in [0.4, 0.5) is 0 Å². The van der Waals surface area contributed by atoms with Crippen LogP contribution >= 0.6 is 23.2 Å². The summed E-state index contributed by atoms with van der Waals surface area (Å²) in [6.45, 7) is 2.85. The van der Waals surface area contributed by atoms with E-state index in [0.29, 0.717) is 47.1 Å². The Balaban J connectivity index is 1.58. The fourth-order valence-corrected chi connectivity index (χ4v) is 6.34. The van der Waals surface area contributed by atoms with Crippen molar-refractivity contribution in [3.8, 4) is 5.88 Å². The maximum atomic E-state index is 13.8. The largest absolute Gasteiger partial charge is 0.481 e. The van der Waals surface area contributed by atoms with Gasteiger partial charge in [-0.2, -0.15) is 0 Å². The molecule has 1 aliphatic carbocycles. The molecule has 0 bridgehead atoms. The van der Waals surface area contributed by atoms with Crippen LogP contribution < -0.4 is 21.3 Å². The number of rotatable bonds is 8. The number of amides is 1. The van der Waals surface area contributed by atoms with Crippen molar-refractivity contribution in [1.29, 1.82) is 0 Å². The molecule has 0 saturated carbocycles. The number of halogens is 2. The molecule has 3 heterocycles. The number of allylic oxidation sites excluding steroid dienone is 2. The van der Waals surface area contributed by atoms with E-state index in [2.05, 4.69) is 5.32 Å². The van der Waals surface area contributed by atoms with Crippen molar-refractivity contribution in [1.82, 2.24) is 24.3 Å². The third-order valence-electron chi connectivity index (χ3n) is 8.12. The zero-order valence-corrected chi connectivity index (χ0v) is 26.0. The number of alkyl halides is 1. The predicted octanol–water partition coefficient (Wildman–Crippen LogP) is 2.93. The molecule has 0 spiro atoms. The Bertz CT molecular complexity index is 1840. The lowest BCUT2D eigenvalue weighted by Crippen LogP contribution is -2.58. The topological polar surface area (TPSA) is 136 Å². The molecule has 1 aliphatic heterocycles. The predicted molar refractivity (Wildman–Crippen MR) is 166 cm³/mol. The molecule has 1 amide bonds. The molecule has 1 fully saturated rings. The molecule has 2 N–H and O–H groups in total. The van der Waals surface area contributed by atoms with Gasteiger partial charge in [-0.25, -0.2) is 9.78 Å². The van der Waals surface area contributed by atoms with Gasteiger partial charge in [0, 0.05) is 50.5 Å². The number of carboxylic acid groups (broad SMARTS) is 1. The second-order valence-corrected chi connectivity index (χ2v) is 12.2. The number of hydrogen-bond donors (Lipinski definition) is 2. The first kappa shape index (κ1) is 31.2. The number of benzene rings is 1. The van der Waals surface area contributed by atoms with Gasteiger partial charge in [0.1, 0.15) is 11.1 Å². The van der Waals surface area contributed by atoms with Gasteiger partial charge in [-0.15, -0.1) is 11.6 Å². The molecular weight excluding hydrogens is 609 g/mol. The van der Waals surface area contributed by atoms with Crippen LogP contribution in [0.5, 0.6) is 5.88 Å². The van der Waals surface area contributed by atoms with E-state index in [1.165, 1.54) is 27.4 Å². The quantitative estimate of drug-likeness (QED) is 0.359. The number of aryl methyl sites for hydroxylation is 1. The van der Waals surface area contributed by atoms with Gasteiger partial charge >= 0.3 is 11.7 Å². The minimum absolute atomic E-state index is 0.261. The first-order chi connectivity index (χ1) is 20.8. The number of nitrogens with zero attached hydrogens (tertiary/aromatic N) is 4. The van der Waals surface area contributed by atoms with Crippen molar-refractivity contribution in [2.45, 2.75) is 24.4 Å². The standard InChI is InChI=1S/C31H31Cl2N5O6/c1-30(28(41)42)16-38(17-30)14-18-11-12-23(34-26(18)44-4)31(35-25(39)21-15-36(2)29(43)37(3)27(21)40)13-7-9-20(24(31)33)19-8-5-6-10-22(19)32/h5-13,15,24H,14,16-17H2,1-4H3,(H,35,39)(H,41,42). The number of hydrogen-bond acceptors (Lipinski definition) is 7. The fourth-order valence-electron chi connectivity index (χ4n) is 5.67. The van der Waals surface area contributed by atoms with Crippen molar-refractivity contribution < 1.29 is 19.4 Å². The van der Waals surface area contributed by atoms with E-state index in [9.17, 15) is 24.3 Å². The Labute approximate surface area is 263 Å². The van der Waals surface area contributed by atoms with Crippen LogP contribution in [-0.2, 0) is 31.0 Å². The van der Waals surface area contributed by atoms with Crippen LogP contribution in [0.25, 0.3) is 5.57 Å². The van der Waals surface area contributed by atoms with Gasteiger partial charge in [0.2, 0.25) is 5.88 Å². The molecule has 2 unspecified atom stereocenters. The van der Waals surface area contributed by atoms with Gasteiger partial charge in [-0.3, -0.25) is 23.9 Å². The first-order valence-corrected chi connectivity index (χ1v) is 14.5. The minimum Gasteiger partial charge on any atom is -0.481 e. The number of aromatic nitrogens is 3. The van der Waals surface area contributed by atoms with E-state index < -0.39 is 39.5 Å². The van der Waals surface area contributed by atoms with Crippen LogP contribution in [0.1, 0.15) is 34.1 Å². The average molecular weight is 641 g/mol. The highest BCUT2D eigenvalue weighted by Crippen LogP contribution is 2.43. The molecular formula is C31H31Cl2N5O6. The van der Waals surface area contributed by atoms with E-state index >= 15 is 0 Å². The van der Waals surface area contributed by atoms with Crippen molar-refractivity contribution in [3.05, 3.63) is 109 Å². The molecule has 1 saturated heterocycles. The third kappa shape index (κ3) is 5.36. The maximum Gasteiger partial charge on any atom is 0.330 e. The summed E-state index contributed by atoms with van der Waals surface area (Å²) in [6.07, 6.45) is 6.39. The van der Waals surface area contributed by atoms with E-state index in [1.54, 1.807) is 49.4 Å². The summed E-state index contributed by atoms with van der Waals surface area (Å²) in [4.78, 5) is 57.4. The smallest absolute Gasteiger partial charge is 0.330 e. The highest BCUT2D eigenvalue weighted by Gasteiger charge is 2.47. The second-order valence-electron chi connectivity index (χ2n) is 11.3. The number of pyridine rings is 1. The summed E-state index contributed by atoms with van der Waals surface area (Å²) in [5.74, 6) is -1.35. The number of carboxylic acids is 1. The Kier molecular flexibility index (Phi) is 8.32. The molecule has 2 aromatic heterocycles. The molecule has 44 heavy (non-hydrogen) atoms. The van der Waals surface area contributed by atoms with Gasteiger partial charge in [0.25, 0.3) is 11.5 Å². The number of likely N-dealkylation sites (tertiary alicyclic amines) is 1. The molecule has 13 heteroatoms. The number of nitrogens with one attached hydrogen (secondary N) is 1. The van der Waals surface area contributed by atoms with Gasteiger partial charge in [0.15, 0.2) is 0 Å². The summed E-state index contributed by atoms with van der Waals surface area (Å²) in [5, 5.41) is 11.9. The Morgan fingerprint density at radius 2 is 1.86 bits per heavy atom. The fraction of sp³-hybridized carbons (Fsp3) is 0.323. The molecule has 3 aromatic rings. The van der Waals surface area contributed by atoms with E-state index in [4.69, 9.17) is 32.9 Å². The van der Waals surface area contributed by atoms with Gasteiger partial charge in [-0.1, -0.05) is 54.1 Å². The highest BCUT2D eigenvalue weighted by atomic mass is 35.5. The van der Waals surface area contributed by atoms with E-state index in [0.717, 1.165) is 9.13 Å². The maximum absolute atomic E-state index is 13.8. The van der Waals surface area contributed by atoms with Crippen molar-refractivity contribution in [2.75, 3.05) is 20.2 Å². The summed E-state index contributed by atoms with van der Waals surface area (Å²) < 4.78 is 7.65. The summed E-state index contributed by atoms with van der Waals surface area (Å²) in [6, 6.07) is 10.7. The first-order valence-electron chi connectivity index (χ1n) is 13.7. The third-order valence-corrected chi connectivity index (χ3v) is 9.02. The Morgan fingerprint density at radius 1 is 1.16 bits per heavy atom. The lowest BCUT2D eigenvalue weighted by Gasteiger charge is -2.45. The summed E-state index contributed by atoms with van der Waals surface area (Å²) in [7, 11) is 4.21. The van der Waals surface area contributed by atoms with E-state index in [-0.39, 0.29) is 11.4 Å². The Morgan fingerprint density at radius 3 is 2.52 bits per heavy atom.